The fraction of sp³-hybridized carbons (Fsp3) is 0. The van der Waals surface area contributed by atoms with Gasteiger partial charge in [0.15, 0.2) is 0 Å². The molecule has 9 heteroatoms. The molecule has 0 aliphatic rings. The standard InChI is InChI=1S/Mn.2Nb.6O/q+2;;;;;;;2*-1. The van der Waals surface area contributed by atoms with Crippen LogP contribution in [-0.2, 0) is 67.6 Å². The molecule has 0 fully saturated rings. The first-order valence-corrected chi connectivity index (χ1v) is 6.48. The first-order chi connectivity index (χ1) is 3.46. The van der Waals surface area contributed by atoms with Crippen LogP contribution < -0.4 is 7.23 Å². The van der Waals surface area contributed by atoms with Crippen LogP contribution in [0.3, 0.4) is 0 Å². The van der Waals surface area contributed by atoms with Crippen molar-refractivity contribution in [3.63, 3.8) is 0 Å². The Balaban J connectivity index is -0.0000000720. The minimum atomic E-state index is -4.20. The number of hydrogen-bond acceptors (Lipinski definition) is 6. The molecule has 0 aliphatic carbocycles. The van der Waals surface area contributed by atoms with Gasteiger partial charge in [0.2, 0.25) is 0 Å². The van der Waals surface area contributed by atoms with Gasteiger partial charge in [-0.15, -0.1) is 0 Å². The van der Waals surface area contributed by atoms with Crippen LogP contribution >= 0.6 is 0 Å². The van der Waals surface area contributed by atoms with Crippen molar-refractivity contribution in [1.82, 2.24) is 0 Å². The Labute approximate surface area is 74.3 Å². The molecule has 0 unspecified atom stereocenters. The van der Waals surface area contributed by atoms with Crippen LogP contribution in [0.1, 0.15) is 0 Å². The Bertz CT molecular complexity index is 128. The first kappa shape index (κ1) is 16.6. The molecule has 0 aromatic carbocycles. The molecule has 1 radical (unpaired) electrons. The summed E-state index contributed by atoms with van der Waals surface area (Å²) in [6.45, 7) is 0. The average Bonchev–Trinajstić information content (AvgIpc) is 1.25. The Morgan fingerprint density at radius 3 is 0.778 bits per heavy atom. The van der Waals surface area contributed by atoms with E-state index in [1.54, 1.807) is 0 Å². The molecule has 0 rings (SSSR count). The second-order valence-corrected chi connectivity index (χ2v) is 2.65. The van der Waals surface area contributed by atoms with Crippen molar-refractivity contribution in [2.45, 2.75) is 0 Å². The fourth-order valence-electron chi connectivity index (χ4n) is 0. The second-order valence-electron chi connectivity index (χ2n) is 0.447. The van der Waals surface area contributed by atoms with Crippen LogP contribution in [0.25, 0.3) is 0 Å². The molecule has 0 bridgehead atoms. The molecule has 0 aliphatic heterocycles. The van der Waals surface area contributed by atoms with E-state index in [1.807, 2.05) is 0 Å². The van der Waals surface area contributed by atoms with Gasteiger partial charge in [-0.2, -0.15) is 0 Å². The molecule has 0 N–H and O–H groups in total. The third kappa shape index (κ3) is 369. The van der Waals surface area contributed by atoms with E-state index in [1.165, 1.54) is 0 Å². The summed E-state index contributed by atoms with van der Waals surface area (Å²) in [6.07, 6.45) is 0. The van der Waals surface area contributed by atoms with E-state index < -0.39 is 37.6 Å². The quantitative estimate of drug-likeness (QED) is 0.439. The molecular weight excluding hydrogens is 337 g/mol. The molecule has 0 saturated carbocycles. The predicted octanol–water partition coefficient (Wildman–Crippen LogP) is -2.86. The number of hydrogen-bond donors (Lipinski definition) is 0. The Morgan fingerprint density at radius 2 is 0.778 bits per heavy atom. The van der Waals surface area contributed by atoms with Gasteiger partial charge in [-0.3, -0.25) is 0 Å². The molecule has 0 saturated heterocycles. The summed E-state index contributed by atoms with van der Waals surface area (Å²) in [6, 6.07) is 0. The van der Waals surface area contributed by atoms with Crippen molar-refractivity contribution in [2.75, 3.05) is 0 Å². The number of rotatable bonds is 0. The zero-order valence-electron chi connectivity index (χ0n) is 3.72. The monoisotopic (exact) mass is 337 g/mol. The van der Waals surface area contributed by atoms with E-state index in [0.29, 0.717) is 0 Å². The van der Waals surface area contributed by atoms with Crippen LogP contribution in [0, 0.1) is 0 Å². The maximum atomic E-state index is 8.60. The van der Waals surface area contributed by atoms with E-state index in [2.05, 4.69) is 0 Å². The topological polar surface area (TPSA) is 114 Å². The molecule has 6 nitrogen and oxygen atoms in total. The summed E-state index contributed by atoms with van der Waals surface area (Å²) in [7, 11) is 0. The maximum absolute atomic E-state index is 8.60. The fourth-order valence-corrected chi connectivity index (χ4v) is 0. The van der Waals surface area contributed by atoms with Crippen LogP contribution in [0.5, 0.6) is 0 Å². The Morgan fingerprint density at radius 1 is 0.778 bits per heavy atom. The van der Waals surface area contributed by atoms with E-state index in [-0.39, 0.29) is 17.1 Å². The zero-order valence-corrected chi connectivity index (χ0v) is 9.30. The van der Waals surface area contributed by atoms with E-state index >= 15 is 0 Å². The first-order valence-electron chi connectivity index (χ1n) is 1.10. The van der Waals surface area contributed by atoms with Crippen LogP contribution in [0.4, 0.5) is 0 Å². The molecular formula is MnNb2O6. The van der Waals surface area contributed by atoms with Gasteiger partial charge < -0.3 is 0 Å². The summed E-state index contributed by atoms with van der Waals surface area (Å²) in [5.41, 5.74) is 0. The molecule has 0 heterocycles. The van der Waals surface area contributed by atoms with Gasteiger partial charge in [0.25, 0.3) is 0 Å². The van der Waals surface area contributed by atoms with Crippen molar-refractivity contribution >= 4 is 0 Å². The van der Waals surface area contributed by atoms with Crippen molar-refractivity contribution in [1.29, 1.82) is 0 Å². The molecule has 0 spiro atoms. The van der Waals surface area contributed by atoms with E-state index in [4.69, 9.17) is 20.2 Å². The van der Waals surface area contributed by atoms with Crippen LogP contribution in [-0.4, -0.2) is 0 Å². The normalized spacial score (nSPS) is 5.56. The van der Waals surface area contributed by atoms with Gasteiger partial charge in [-0.05, 0) is 0 Å². The summed E-state index contributed by atoms with van der Waals surface area (Å²) in [5, 5.41) is 0. The van der Waals surface area contributed by atoms with E-state index in [0.717, 1.165) is 0 Å². The average molecular weight is 337 g/mol. The van der Waals surface area contributed by atoms with Gasteiger partial charge in [0, 0.05) is 0 Å². The van der Waals surface area contributed by atoms with Crippen molar-refractivity contribution in [3.05, 3.63) is 0 Å². The molecule has 0 aromatic heterocycles. The van der Waals surface area contributed by atoms with Gasteiger partial charge in [0.1, 0.15) is 0 Å². The summed E-state index contributed by atoms with van der Waals surface area (Å²) in [4.78, 5) is 0. The molecule has 53 valence electrons. The molecule has 0 amide bonds. The van der Waals surface area contributed by atoms with Gasteiger partial charge in [-0.1, -0.05) is 0 Å². The van der Waals surface area contributed by atoms with Gasteiger partial charge >= 0.3 is 74.9 Å². The van der Waals surface area contributed by atoms with Gasteiger partial charge in [-0.25, -0.2) is 0 Å². The van der Waals surface area contributed by atoms with Crippen LogP contribution in [0.15, 0.2) is 0 Å². The predicted molar refractivity (Wildman–Crippen MR) is 2.75 cm³/mol. The Hall–Kier alpha value is 1.12. The minimum absolute atomic E-state index is 0. The van der Waals surface area contributed by atoms with Crippen molar-refractivity contribution < 1.29 is 74.9 Å². The van der Waals surface area contributed by atoms with Crippen LogP contribution in [0.2, 0.25) is 0 Å². The third-order valence-corrected chi connectivity index (χ3v) is 0. The molecule has 0 atom stereocenters. The molecule has 9 heavy (non-hydrogen) atoms. The Kier molecular flexibility index (Phi) is 21.9. The second kappa shape index (κ2) is 11.9. The van der Waals surface area contributed by atoms with Crippen molar-refractivity contribution in [3.8, 4) is 0 Å². The summed E-state index contributed by atoms with van der Waals surface area (Å²) in [5.74, 6) is 0. The summed E-state index contributed by atoms with van der Waals surface area (Å²) < 4.78 is 51.6. The summed E-state index contributed by atoms with van der Waals surface area (Å²) >= 11 is -8.40. The molecule has 0 aromatic rings. The third-order valence-electron chi connectivity index (χ3n) is 0. The SMILES string of the molecule is [Mn+2].[O]=[Nb](=[O])[O-].[O]=[Nb](=[O])[O-]. The van der Waals surface area contributed by atoms with Gasteiger partial charge in [0.05, 0.1) is 0 Å². The van der Waals surface area contributed by atoms with E-state index in [9.17, 15) is 0 Å². The zero-order chi connectivity index (χ0) is 7.15. The van der Waals surface area contributed by atoms with Crippen molar-refractivity contribution in [2.24, 2.45) is 0 Å².